The number of fused-ring (bicyclic) bond motifs is 1. The van der Waals surface area contributed by atoms with Crippen LogP contribution in [0, 0.1) is 5.82 Å². The highest BCUT2D eigenvalue weighted by atomic mass is 19.1. The van der Waals surface area contributed by atoms with Gasteiger partial charge in [0.25, 0.3) is 5.91 Å². The van der Waals surface area contributed by atoms with Crippen molar-refractivity contribution in [1.82, 2.24) is 24.8 Å². The topological polar surface area (TPSA) is 163 Å². The molecular formula is C27H26FN5O6. The van der Waals surface area contributed by atoms with E-state index in [1.54, 1.807) is 4.57 Å². The number of aliphatic hydroxyl groups excluding tert-OH is 2. The monoisotopic (exact) mass is 535 g/mol. The number of aliphatic hydroxyl groups is 2. The molecule has 11 nitrogen and oxygen atoms in total. The molecule has 0 unspecified atom stereocenters. The van der Waals surface area contributed by atoms with Crippen LogP contribution in [0.25, 0.3) is 22.3 Å². The predicted molar refractivity (Wildman–Crippen MR) is 137 cm³/mol. The number of nitrogens with one attached hydrogen (secondary N) is 1. The maximum Gasteiger partial charge on any atom is 0.255 e. The van der Waals surface area contributed by atoms with Gasteiger partial charge in [-0.3, -0.25) is 9.36 Å². The van der Waals surface area contributed by atoms with Gasteiger partial charge >= 0.3 is 0 Å². The van der Waals surface area contributed by atoms with E-state index in [1.165, 1.54) is 61.2 Å². The Morgan fingerprint density at radius 1 is 1.10 bits per heavy atom. The molecular weight excluding hydrogens is 509 g/mol. The first-order chi connectivity index (χ1) is 18.8. The lowest BCUT2D eigenvalue weighted by atomic mass is 10.0. The molecule has 1 fully saturated rings. The quantitative estimate of drug-likeness (QED) is 0.176. The zero-order valence-corrected chi connectivity index (χ0v) is 20.8. The minimum atomic E-state index is -1.26. The average molecular weight is 536 g/mol. The van der Waals surface area contributed by atoms with Crippen LogP contribution in [-0.4, -0.2) is 70.7 Å². The molecule has 1 saturated heterocycles. The highest BCUT2D eigenvalue weighted by Gasteiger charge is 2.43. The summed E-state index contributed by atoms with van der Waals surface area (Å²) in [4.78, 5) is 25.5. The van der Waals surface area contributed by atoms with Crippen molar-refractivity contribution in [2.45, 2.75) is 37.9 Å². The van der Waals surface area contributed by atoms with Crippen LogP contribution in [0.4, 0.5) is 4.39 Å². The van der Waals surface area contributed by atoms with Gasteiger partial charge in [0.05, 0.1) is 17.6 Å². The zero-order chi connectivity index (χ0) is 27.7. The van der Waals surface area contributed by atoms with Crippen molar-refractivity contribution in [2.75, 3.05) is 6.54 Å². The van der Waals surface area contributed by atoms with Crippen LogP contribution >= 0.6 is 0 Å². The molecule has 0 aliphatic carbocycles. The first-order valence-corrected chi connectivity index (χ1v) is 12.2. The predicted octanol–water partition coefficient (Wildman–Crippen LogP) is 2.21. The van der Waals surface area contributed by atoms with Crippen LogP contribution in [0.2, 0.25) is 0 Å². The summed E-state index contributed by atoms with van der Waals surface area (Å²) in [5.74, 6) is -2.19. The molecule has 3 heterocycles. The Hall–Kier alpha value is -4.39. The maximum absolute atomic E-state index is 13.3. The number of halogens is 1. The summed E-state index contributed by atoms with van der Waals surface area (Å²) in [5.41, 5.74) is 2.60. The molecule has 0 spiro atoms. The lowest BCUT2D eigenvalue weighted by Crippen LogP contribution is -2.31. The van der Waals surface area contributed by atoms with E-state index in [0.717, 1.165) is 5.69 Å². The van der Waals surface area contributed by atoms with Crippen LogP contribution in [0.1, 0.15) is 29.2 Å². The van der Waals surface area contributed by atoms with Gasteiger partial charge in [0.1, 0.15) is 36.0 Å². The second kappa shape index (κ2) is 10.8. The molecule has 0 saturated carbocycles. The molecule has 12 heteroatoms. The van der Waals surface area contributed by atoms with E-state index in [4.69, 9.17) is 4.74 Å². The Kier molecular flexibility index (Phi) is 7.24. The molecule has 39 heavy (non-hydrogen) atoms. The fraction of sp³-hybridized carbons (Fsp3) is 0.259. The second-order valence-corrected chi connectivity index (χ2v) is 9.01. The van der Waals surface area contributed by atoms with Crippen molar-refractivity contribution in [1.29, 1.82) is 0 Å². The lowest BCUT2D eigenvalue weighted by Gasteiger charge is -2.16. The summed E-state index contributed by atoms with van der Waals surface area (Å²) in [6.07, 6.45) is 2.24. The Balaban J connectivity index is 1.26. The minimum Gasteiger partial charge on any atom is -0.504 e. The number of amides is 1. The fourth-order valence-electron chi connectivity index (χ4n) is 4.47. The summed E-state index contributed by atoms with van der Waals surface area (Å²) in [6.45, 7) is 1.94. The van der Waals surface area contributed by atoms with E-state index >= 15 is 0 Å². The Bertz CT molecular complexity index is 1540. The highest BCUT2D eigenvalue weighted by molar-refractivity contribution is 5.99. The van der Waals surface area contributed by atoms with Crippen molar-refractivity contribution < 1.29 is 34.3 Å². The van der Waals surface area contributed by atoms with E-state index in [2.05, 4.69) is 20.3 Å². The fourth-order valence-corrected chi connectivity index (χ4v) is 4.47. The standard InChI is InChI=1S/C27H26FN5O6/c1-2-18-21-25(31-12-30-18)33(13-32-21)27-24(37)23(36)20(39-27)4-3-9-29-26(38)17-10-15(11-19(34)22(17)35)14-5-7-16(28)8-6-14/h3-8,10-13,20,23-24,27,34-37H,2,9H2,1H3,(H,29,38)/b4-3+/t20-,23-,24-,27-/m1/s1. The number of phenolic OH excluding ortho intramolecular Hbond substituents is 2. The third kappa shape index (κ3) is 5.04. The maximum atomic E-state index is 13.3. The molecule has 0 bridgehead atoms. The van der Waals surface area contributed by atoms with Gasteiger partial charge in [-0.05, 0) is 41.8 Å². The normalized spacial score (nSPS) is 21.1. The number of carbonyl (C=O) groups is 1. The Morgan fingerprint density at radius 2 is 1.87 bits per heavy atom. The summed E-state index contributed by atoms with van der Waals surface area (Å²) >= 11 is 0. The number of hydrogen-bond donors (Lipinski definition) is 5. The average Bonchev–Trinajstić information content (AvgIpc) is 3.49. The molecule has 5 N–H and O–H groups in total. The minimum absolute atomic E-state index is 0.00571. The van der Waals surface area contributed by atoms with E-state index in [1.807, 2.05) is 6.92 Å². The SMILES string of the molecule is CCc1ncnc2c1ncn2[C@@H]1O[C@H](/C=C/CNC(=O)c2cc(-c3ccc(F)cc3)cc(O)c2O)[C@@H](O)[C@H]1O. The van der Waals surface area contributed by atoms with Crippen LogP contribution < -0.4 is 5.32 Å². The number of ether oxygens (including phenoxy) is 1. The van der Waals surface area contributed by atoms with Crippen molar-refractivity contribution in [3.8, 4) is 22.6 Å². The molecule has 5 rings (SSSR count). The summed E-state index contributed by atoms with van der Waals surface area (Å²) in [7, 11) is 0. The number of phenols is 2. The molecule has 1 aliphatic heterocycles. The van der Waals surface area contributed by atoms with Crippen LogP contribution in [0.5, 0.6) is 11.5 Å². The third-order valence-corrected chi connectivity index (χ3v) is 6.54. The number of nitrogens with zero attached hydrogens (tertiary/aromatic N) is 4. The molecule has 4 atom stereocenters. The number of imidazole rings is 1. The van der Waals surface area contributed by atoms with Crippen molar-refractivity contribution >= 4 is 17.1 Å². The summed E-state index contributed by atoms with van der Waals surface area (Å²) < 4.78 is 20.7. The molecule has 202 valence electrons. The summed E-state index contributed by atoms with van der Waals surface area (Å²) in [5, 5.41) is 44.1. The number of aryl methyl sites for hydroxylation is 1. The summed E-state index contributed by atoms with van der Waals surface area (Å²) in [6, 6.07) is 8.13. The molecule has 2 aromatic heterocycles. The second-order valence-electron chi connectivity index (χ2n) is 9.01. The Morgan fingerprint density at radius 3 is 2.62 bits per heavy atom. The molecule has 0 radical (unpaired) electrons. The number of hydrogen-bond acceptors (Lipinski definition) is 9. The van der Waals surface area contributed by atoms with Crippen LogP contribution in [-0.2, 0) is 11.2 Å². The smallest absolute Gasteiger partial charge is 0.255 e. The third-order valence-electron chi connectivity index (χ3n) is 6.54. The number of aromatic hydroxyl groups is 2. The molecule has 2 aromatic carbocycles. The van der Waals surface area contributed by atoms with Gasteiger partial charge in [0.2, 0.25) is 0 Å². The van der Waals surface area contributed by atoms with E-state index < -0.39 is 47.8 Å². The van der Waals surface area contributed by atoms with Gasteiger partial charge in [-0.25, -0.2) is 19.3 Å². The van der Waals surface area contributed by atoms with Crippen LogP contribution in [0.15, 0.2) is 61.2 Å². The number of aromatic nitrogens is 4. The van der Waals surface area contributed by atoms with E-state index in [9.17, 15) is 29.6 Å². The zero-order valence-electron chi connectivity index (χ0n) is 20.8. The van der Waals surface area contributed by atoms with Crippen molar-refractivity contribution in [3.63, 3.8) is 0 Å². The van der Waals surface area contributed by atoms with Gasteiger partial charge in [-0.15, -0.1) is 0 Å². The van der Waals surface area contributed by atoms with Gasteiger partial charge in [0.15, 0.2) is 23.4 Å². The highest BCUT2D eigenvalue weighted by Crippen LogP contribution is 2.35. The van der Waals surface area contributed by atoms with E-state index in [0.29, 0.717) is 28.7 Å². The molecule has 1 amide bonds. The van der Waals surface area contributed by atoms with Crippen molar-refractivity contribution in [2.24, 2.45) is 0 Å². The first-order valence-electron chi connectivity index (χ1n) is 12.2. The lowest BCUT2D eigenvalue weighted by molar-refractivity contribution is -0.0245. The van der Waals surface area contributed by atoms with Crippen LogP contribution in [0.3, 0.4) is 0 Å². The van der Waals surface area contributed by atoms with Gasteiger partial charge in [-0.2, -0.15) is 0 Å². The van der Waals surface area contributed by atoms with Gasteiger partial charge in [0, 0.05) is 6.54 Å². The van der Waals surface area contributed by atoms with Crippen molar-refractivity contribution in [3.05, 3.63) is 78.3 Å². The number of carbonyl (C=O) groups excluding carboxylic acids is 1. The molecule has 4 aromatic rings. The largest absolute Gasteiger partial charge is 0.504 e. The number of benzene rings is 2. The first kappa shape index (κ1) is 26.2. The Labute approximate surface area is 221 Å². The van der Waals surface area contributed by atoms with Gasteiger partial charge < -0.3 is 30.5 Å². The van der Waals surface area contributed by atoms with Gasteiger partial charge in [-0.1, -0.05) is 31.2 Å². The molecule has 1 aliphatic rings. The number of rotatable bonds is 7. The van der Waals surface area contributed by atoms with E-state index in [-0.39, 0.29) is 12.1 Å².